The van der Waals surface area contributed by atoms with Crippen LogP contribution in [0.2, 0.25) is 0 Å². The first-order valence-electron chi connectivity index (χ1n) is 4.49. The monoisotopic (exact) mass is 248 g/mol. The van der Waals surface area contributed by atoms with Crippen LogP contribution in [0.5, 0.6) is 0 Å². The summed E-state index contributed by atoms with van der Waals surface area (Å²) in [5.41, 5.74) is 5.35. The fourth-order valence-electron chi connectivity index (χ4n) is 1.36. The fraction of sp³-hybridized carbons (Fsp3) is 0.625. The van der Waals surface area contributed by atoms with Gasteiger partial charge in [-0.1, -0.05) is 0 Å². The topological polar surface area (TPSA) is 130 Å². The van der Waals surface area contributed by atoms with E-state index in [-0.39, 0.29) is 5.75 Å². The average Bonchev–Trinajstić information content (AvgIpc) is 2.62. The van der Waals surface area contributed by atoms with Crippen LogP contribution in [0.4, 0.5) is 0 Å². The summed E-state index contributed by atoms with van der Waals surface area (Å²) in [6.45, 7) is 1.36. The molecule has 16 heavy (non-hydrogen) atoms. The molecule has 2 unspecified atom stereocenters. The molecule has 1 saturated heterocycles. The highest BCUT2D eigenvalue weighted by molar-refractivity contribution is 8.02. The number of carboxylic acids is 2. The Morgan fingerprint density at radius 1 is 1.50 bits per heavy atom. The minimum atomic E-state index is -1.93. The maximum atomic E-state index is 11.7. The minimum absolute atomic E-state index is 0.0140. The number of nitrogens with two attached hydrogens (primary N) is 1. The molecule has 0 radical (unpaired) electrons. The van der Waals surface area contributed by atoms with Gasteiger partial charge in [0.25, 0.3) is 0 Å². The smallest absolute Gasteiger partial charge is 0.342 e. The molecular formula is C8H12N2O5S. The average molecular weight is 248 g/mol. The normalized spacial score (nSPS) is 31.0. The molecular weight excluding hydrogens is 236 g/mol. The predicted octanol–water partition coefficient (Wildman–Crippen LogP) is -1.53. The van der Waals surface area contributed by atoms with Crippen LogP contribution in [-0.4, -0.2) is 50.6 Å². The van der Waals surface area contributed by atoms with Crippen molar-refractivity contribution < 1.29 is 24.6 Å². The van der Waals surface area contributed by atoms with Crippen molar-refractivity contribution >= 4 is 29.5 Å². The van der Waals surface area contributed by atoms with Crippen molar-refractivity contribution in [2.24, 2.45) is 5.73 Å². The van der Waals surface area contributed by atoms with Crippen LogP contribution in [0.3, 0.4) is 0 Å². The summed E-state index contributed by atoms with van der Waals surface area (Å²) in [6, 6.07) is -2.02. The van der Waals surface area contributed by atoms with E-state index in [1.54, 1.807) is 0 Å². The molecule has 0 aromatic carbocycles. The van der Waals surface area contributed by atoms with Gasteiger partial charge >= 0.3 is 11.9 Å². The zero-order valence-electron chi connectivity index (χ0n) is 8.47. The van der Waals surface area contributed by atoms with Crippen molar-refractivity contribution in [3.8, 4) is 0 Å². The first-order valence-corrected chi connectivity index (χ1v) is 5.47. The number of carbonyl (C=O) groups is 3. The number of aliphatic carboxylic acids is 2. The molecule has 1 aliphatic heterocycles. The number of Topliss-reactive ketones (excluding diaryl/α,β-unsaturated/α-hetero) is 1. The van der Waals surface area contributed by atoms with Gasteiger partial charge in [-0.25, -0.2) is 4.79 Å². The molecule has 7 nitrogen and oxygen atoms in total. The number of thioether (sulfide) groups is 1. The third kappa shape index (κ3) is 2.04. The second-order valence-electron chi connectivity index (χ2n) is 3.49. The highest BCUT2D eigenvalue weighted by Gasteiger charge is 2.54. The lowest BCUT2D eigenvalue weighted by Crippen LogP contribution is -2.59. The number of nitrogens with one attached hydrogen (secondary N) is 1. The van der Waals surface area contributed by atoms with E-state index in [9.17, 15) is 14.4 Å². The molecule has 3 atom stereocenters. The Balaban J connectivity index is 2.98. The van der Waals surface area contributed by atoms with Gasteiger partial charge in [-0.3, -0.25) is 14.9 Å². The van der Waals surface area contributed by atoms with Crippen LogP contribution >= 0.6 is 11.8 Å². The number of carbonyl (C=O) groups excluding carboxylic acids is 1. The van der Waals surface area contributed by atoms with Gasteiger partial charge in [0.2, 0.25) is 4.87 Å². The molecule has 90 valence electrons. The number of hydrogen-bond acceptors (Lipinski definition) is 6. The number of rotatable bonds is 4. The zero-order valence-corrected chi connectivity index (χ0v) is 9.28. The van der Waals surface area contributed by atoms with Gasteiger partial charge in [-0.15, -0.1) is 11.8 Å². The van der Waals surface area contributed by atoms with Crippen molar-refractivity contribution in [1.82, 2.24) is 5.32 Å². The van der Waals surface area contributed by atoms with Crippen LogP contribution in [0.25, 0.3) is 0 Å². The Labute approximate surface area is 95.4 Å². The van der Waals surface area contributed by atoms with Gasteiger partial charge in [-0.2, -0.15) is 0 Å². The SMILES string of the molecule is C[C@@H](N)C(=O)C1(C(=O)O)NC(C(=O)O)CS1. The quantitative estimate of drug-likeness (QED) is 0.441. The lowest BCUT2D eigenvalue weighted by molar-refractivity contribution is -0.146. The molecule has 1 aliphatic rings. The van der Waals surface area contributed by atoms with Crippen LogP contribution < -0.4 is 11.1 Å². The molecule has 1 fully saturated rings. The largest absolute Gasteiger partial charge is 0.480 e. The van der Waals surface area contributed by atoms with Crippen molar-refractivity contribution in [2.75, 3.05) is 5.75 Å². The van der Waals surface area contributed by atoms with Gasteiger partial charge in [0, 0.05) is 5.75 Å². The lowest BCUT2D eigenvalue weighted by Gasteiger charge is -2.24. The molecule has 0 aliphatic carbocycles. The Morgan fingerprint density at radius 2 is 2.06 bits per heavy atom. The first-order chi connectivity index (χ1) is 7.31. The van der Waals surface area contributed by atoms with Crippen molar-refractivity contribution in [3.05, 3.63) is 0 Å². The maximum absolute atomic E-state index is 11.7. The molecule has 8 heteroatoms. The Morgan fingerprint density at radius 3 is 2.38 bits per heavy atom. The predicted molar refractivity (Wildman–Crippen MR) is 56.0 cm³/mol. The highest BCUT2D eigenvalue weighted by Crippen LogP contribution is 2.32. The van der Waals surface area contributed by atoms with E-state index in [2.05, 4.69) is 5.32 Å². The third-order valence-corrected chi connectivity index (χ3v) is 3.63. The molecule has 0 amide bonds. The number of carboxylic acid groups (broad SMARTS) is 2. The zero-order chi connectivity index (χ0) is 12.5. The van der Waals surface area contributed by atoms with Crippen LogP contribution in [0, 0.1) is 0 Å². The molecule has 0 spiro atoms. The van der Waals surface area contributed by atoms with Gasteiger partial charge in [-0.05, 0) is 6.92 Å². The number of hydrogen-bond donors (Lipinski definition) is 4. The van der Waals surface area contributed by atoms with Crippen molar-refractivity contribution in [2.45, 2.75) is 23.9 Å². The summed E-state index contributed by atoms with van der Waals surface area (Å²) in [4.78, 5) is 31.5. The first kappa shape index (κ1) is 12.9. The summed E-state index contributed by atoms with van der Waals surface area (Å²) in [7, 11) is 0. The summed E-state index contributed by atoms with van der Waals surface area (Å²) in [6.07, 6.45) is 0. The Kier molecular flexibility index (Phi) is 3.56. The maximum Gasteiger partial charge on any atom is 0.342 e. The standard InChI is InChI=1S/C8H12N2O5S/c1-3(9)5(11)8(7(14)15)10-4(2-16-8)6(12)13/h3-4,10H,2,9H2,1H3,(H,12,13)(H,14,15)/t3-,4?,8?/m1/s1. The van der Waals surface area contributed by atoms with E-state index in [0.29, 0.717) is 0 Å². The van der Waals surface area contributed by atoms with Crippen molar-refractivity contribution in [1.29, 1.82) is 0 Å². The molecule has 0 bridgehead atoms. The molecule has 0 aromatic heterocycles. The second-order valence-corrected chi connectivity index (χ2v) is 4.72. The summed E-state index contributed by atoms with van der Waals surface area (Å²) < 4.78 is 0. The van der Waals surface area contributed by atoms with Crippen molar-refractivity contribution in [3.63, 3.8) is 0 Å². The van der Waals surface area contributed by atoms with Crippen LogP contribution in [-0.2, 0) is 14.4 Å². The fourth-order valence-corrected chi connectivity index (χ4v) is 2.68. The van der Waals surface area contributed by atoms with Crippen LogP contribution in [0.1, 0.15) is 6.92 Å². The third-order valence-electron chi connectivity index (χ3n) is 2.20. The molecule has 0 aromatic rings. The van der Waals surface area contributed by atoms with Gasteiger partial charge < -0.3 is 15.9 Å². The summed E-state index contributed by atoms with van der Waals surface area (Å²) >= 11 is 0.750. The lowest BCUT2D eigenvalue weighted by atomic mass is 10.1. The molecule has 0 saturated carbocycles. The van der Waals surface area contributed by atoms with E-state index in [1.165, 1.54) is 6.92 Å². The molecule has 5 N–H and O–H groups in total. The van der Waals surface area contributed by atoms with E-state index >= 15 is 0 Å². The molecule has 1 heterocycles. The van der Waals surface area contributed by atoms with E-state index in [0.717, 1.165) is 11.8 Å². The highest BCUT2D eigenvalue weighted by atomic mass is 32.2. The summed E-state index contributed by atoms with van der Waals surface area (Å²) in [5.74, 6) is -3.31. The van der Waals surface area contributed by atoms with Gasteiger partial charge in [0.1, 0.15) is 6.04 Å². The van der Waals surface area contributed by atoms with E-state index in [1.807, 2.05) is 0 Å². The number of ketones is 1. The summed E-state index contributed by atoms with van der Waals surface area (Å²) in [5, 5.41) is 20.1. The van der Waals surface area contributed by atoms with Crippen LogP contribution in [0.15, 0.2) is 0 Å². The minimum Gasteiger partial charge on any atom is -0.480 e. The Bertz CT molecular complexity index is 345. The Hall–Kier alpha value is -1.12. The van der Waals surface area contributed by atoms with Gasteiger partial charge in [0.05, 0.1) is 6.04 Å². The second kappa shape index (κ2) is 4.40. The van der Waals surface area contributed by atoms with E-state index < -0.39 is 34.7 Å². The molecule has 1 rings (SSSR count). The van der Waals surface area contributed by atoms with E-state index in [4.69, 9.17) is 15.9 Å². The van der Waals surface area contributed by atoms with Gasteiger partial charge in [0.15, 0.2) is 5.78 Å².